The summed E-state index contributed by atoms with van der Waals surface area (Å²) in [6.45, 7) is 0.166. The van der Waals surface area contributed by atoms with Crippen LogP contribution in [0.1, 0.15) is 17.9 Å². The molecule has 1 saturated carbocycles. The van der Waals surface area contributed by atoms with Crippen molar-refractivity contribution in [1.82, 2.24) is 14.7 Å². The first-order valence-corrected chi connectivity index (χ1v) is 7.63. The predicted molar refractivity (Wildman–Crippen MR) is 86.8 cm³/mol. The van der Waals surface area contributed by atoms with Crippen molar-refractivity contribution in [2.75, 3.05) is 19.4 Å². The monoisotopic (exact) mass is 312 g/mol. The first-order valence-electron chi connectivity index (χ1n) is 7.63. The Morgan fingerprint density at radius 3 is 2.74 bits per heavy atom. The zero-order valence-corrected chi connectivity index (χ0v) is 13.3. The number of anilines is 1. The Hall–Kier alpha value is -2.63. The van der Waals surface area contributed by atoms with E-state index in [1.54, 1.807) is 26.5 Å². The van der Waals surface area contributed by atoms with Gasteiger partial charge in [0.1, 0.15) is 6.54 Å². The molecule has 0 radical (unpaired) electrons. The molecule has 1 aromatic carbocycles. The van der Waals surface area contributed by atoms with Gasteiger partial charge in [0.15, 0.2) is 0 Å². The number of aromatic nitrogens is 2. The minimum absolute atomic E-state index is 0.0114. The van der Waals surface area contributed by atoms with Crippen molar-refractivity contribution in [2.45, 2.75) is 18.9 Å². The lowest BCUT2D eigenvalue weighted by molar-refractivity contribution is -0.129. The van der Waals surface area contributed by atoms with Crippen LogP contribution in [-0.4, -0.2) is 40.6 Å². The molecule has 0 saturated heterocycles. The number of carbonyl (C=O) groups is 2. The molecule has 2 aromatic rings. The highest BCUT2D eigenvalue weighted by Crippen LogP contribution is 2.47. The van der Waals surface area contributed by atoms with E-state index in [-0.39, 0.29) is 24.3 Å². The Labute approximate surface area is 135 Å². The molecule has 3 rings (SSSR count). The second kappa shape index (κ2) is 6.24. The van der Waals surface area contributed by atoms with Crippen LogP contribution < -0.4 is 5.32 Å². The molecule has 1 aliphatic rings. The molecule has 0 aliphatic heterocycles. The molecule has 1 aromatic heterocycles. The molecule has 1 fully saturated rings. The largest absolute Gasteiger partial charge is 0.347 e. The van der Waals surface area contributed by atoms with Gasteiger partial charge in [0.25, 0.3) is 0 Å². The third-order valence-corrected chi connectivity index (χ3v) is 4.05. The van der Waals surface area contributed by atoms with Gasteiger partial charge in [0.2, 0.25) is 11.8 Å². The molecule has 6 heteroatoms. The van der Waals surface area contributed by atoms with Crippen LogP contribution in [0.4, 0.5) is 5.69 Å². The summed E-state index contributed by atoms with van der Waals surface area (Å²) in [5.41, 5.74) is 1.83. The van der Waals surface area contributed by atoms with Gasteiger partial charge in [-0.1, -0.05) is 30.3 Å². The molecule has 2 unspecified atom stereocenters. The smallest absolute Gasteiger partial charge is 0.243 e. The topological polar surface area (TPSA) is 67.2 Å². The third-order valence-electron chi connectivity index (χ3n) is 4.05. The molecule has 1 heterocycles. The zero-order chi connectivity index (χ0) is 16.4. The number of nitrogens with one attached hydrogen (secondary N) is 1. The second-order valence-corrected chi connectivity index (χ2v) is 6.06. The van der Waals surface area contributed by atoms with E-state index in [9.17, 15) is 9.59 Å². The third kappa shape index (κ3) is 3.59. The van der Waals surface area contributed by atoms with E-state index in [1.165, 1.54) is 15.1 Å². The minimum atomic E-state index is -0.0442. The van der Waals surface area contributed by atoms with Gasteiger partial charge in [-0.25, -0.2) is 0 Å². The lowest BCUT2D eigenvalue weighted by Crippen LogP contribution is -2.26. The molecule has 0 spiro atoms. The lowest BCUT2D eigenvalue weighted by atomic mass is 10.1. The van der Waals surface area contributed by atoms with E-state index >= 15 is 0 Å². The van der Waals surface area contributed by atoms with Crippen molar-refractivity contribution in [3.8, 4) is 0 Å². The first kappa shape index (κ1) is 15.3. The predicted octanol–water partition coefficient (Wildman–Crippen LogP) is 1.71. The van der Waals surface area contributed by atoms with Crippen LogP contribution in [0, 0.1) is 5.92 Å². The van der Waals surface area contributed by atoms with Crippen LogP contribution in [0.25, 0.3) is 0 Å². The van der Waals surface area contributed by atoms with Crippen molar-refractivity contribution < 1.29 is 9.59 Å². The van der Waals surface area contributed by atoms with Crippen LogP contribution >= 0.6 is 0 Å². The van der Waals surface area contributed by atoms with Gasteiger partial charge in [0, 0.05) is 26.2 Å². The highest BCUT2D eigenvalue weighted by atomic mass is 16.2. The van der Waals surface area contributed by atoms with Crippen LogP contribution in [-0.2, 0) is 16.1 Å². The summed E-state index contributed by atoms with van der Waals surface area (Å²) in [6, 6.07) is 10.1. The van der Waals surface area contributed by atoms with Gasteiger partial charge >= 0.3 is 0 Å². The maximum absolute atomic E-state index is 12.3. The van der Waals surface area contributed by atoms with Crippen LogP contribution in [0.3, 0.4) is 0 Å². The Bertz CT molecular complexity index is 708. The minimum Gasteiger partial charge on any atom is -0.347 e. The van der Waals surface area contributed by atoms with Crippen LogP contribution in [0.15, 0.2) is 42.7 Å². The number of nitrogens with zero attached hydrogens (tertiary/aromatic N) is 3. The van der Waals surface area contributed by atoms with Crippen LogP contribution in [0.5, 0.6) is 0 Å². The van der Waals surface area contributed by atoms with Crippen molar-refractivity contribution in [1.29, 1.82) is 0 Å². The normalized spacial score (nSPS) is 19.2. The summed E-state index contributed by atoms with van der Waals surface area (Å²) in [5, 5.41) is 6.98. The van der Waals surface area contributed by atoms with Gasteiger partial charge in [-0.3, -0.25) is 14.3 Å². The molecule has 2 atom stereocenters. The first-order chi connectivity index (χ1) is 11.0. The quantitative estimate of drug-likeness (QED) is 0.914. The second-order valence-electron chi connectivity index (χ2n) is 6.06. The number of benzene rings is 1. The Morgan fingerprint density at radius 2 is 2.04 bits per heavy atom. The molecule has 1 N–H and O–H groups in total. The number of hydrogen-bond donors (Lipinski definition) is 1. The number of rotatable bonds is 5. The maximum atomic E-state index is 12.3. The van der Waals surface area contributed by atoms with Crippen molar-refractivity contribution in [3.63, 3.8) is 0 Å². The van der Waals surface area contributed by atoms with E-state index in [2.05, 4.69) is 22.5 Å². The van der Waals surface area contributed by atoms with Crippen molar-refractivity contribution in [2.24, 2.45) is 5.92 Å². The summed E-state index contributed by atoms with van der Waals surface area (Å²) in [7, 11) is 3.40. The van der Waals surface area contributed by atoms with E-state index in [0.717, 1.165) is 6.42 Å². The van der Waals surface area contributed by atoms with Crippen molar-refractivity contribution >= 4 is 17.5 Å². The molecule has 2 amide bonds. The SMILES string of the molecule is CN(C)C(=O)Cn1cc(NC(=O)C2CC2c2ccccc2)cn1. The van der Waals surface area contributed by atoms with Gasteiger partial charge in [0.05, 0.1) is 11.9 Å². The zero-order valence-electron chi connectivity index (χ0n) is 13.3. The Kier molecular flexibility index (Phi) is 4.14. The van der Waals surface area contributed by atoms with E-state index in [4.69, 9.17) is 0 Å². The lowest BCUT2D eigenvalue weighted by Gasteiger charge is -2.09. The van der Waals surface area contributed by atoms with Gasteiger partial charge in [-0.05, 0) is 17.9 Å². The average Bonchev–Trinajstić information content (AvgIpc) is 3.23. The fraction of sp³-hybridized carbons (Fsp3) is 0.353. The van der Waals surface area contributed by atoms with Crippen molar-refractivity contribution in [3.05, 3.63) is 48.3 Å². The summed E-state index contributed by atoms with van der Waals surface area (Å²) in [6.07, 6.45) is 4.13. The highest BCUT2D eigenvalue weighted by molar-refractivity contribution is 5.95. The van der Waals surface area contributed by atoms with E-state index < -0.39 is 0 Å². The van der Waals surface area contributed by atoms with E-state index in [0.29, 0.717) is 11.6 Å². The number of likely N-dealkylation sites (N-methyl/N-ethyl adjacent to an activating group) is 1. The summed E-state index contributed by atoms with van der Waals surface area (Å²) in [4.78, 5) is 25.4. The number of carbonyl (C=O) groups excluding carboxylic acids is 2. The summed E-state index contributed by atoms with van der Waals surface area (Å²) in [5.74, 6) is 0.292. The van der Waals surface area contributed by atoms with E-state index in [1.807, 2.05) is 18.2 Å². The molecule has 23 heavy (non-hydrogen) atoms. The maximum Gasteiger partial charge on any atom is 0.243 e. The van der Waals surface area contributed by atoms with Gasteiger partial charge in [-0.2, -0.15) is 5.10 Å². The highest BCUT2D eigenvalue weighted by Gasteiger charge is 2.43. The summed E-state index contributed by atoms with van der Waals surface area (Å²) < 4.78 is 1.53. The molecule has 0 bridgehead atoms. The fourth-order valence-corrected chi connectivity index (χ4v) is 2.58. The molecular formula is C17H20N4O2. The molecule has 1 aliphatic carbocycles. The molecule has 120 valence electrons. The summed E-state index contributed by atoms with van der Waals surface area (Å²) >= 11 is 0. The van der Waals surface area contributed by atoms with Gasteiger partial charge in [-0.15, -0.1) is 0 Å². The fourth-order valence-electron chi connectivity index (χ4n) is 2.58. The standard InChI is InChI=1S/C17H20N4O2/c1-20(2)16(22)11-21-10-13(9-18-21)19-17(23)15-8-14(15)12-6-4-3-5-7-12/h3-7,9-10,14-15H,8,11H2,1-2H3,(H,19,23). The average molecular weight is 312 g/mol. The van der Waals surface area contributed by atoms with Crippen LogP contribution in [0.2, 0.25) is 0 Å². The Balaban J connectivity index is 1.55. The number of amides is 2. The van der Waals surface area contributed by atoms with Gasteiger partial charge < -0.3 is 10.2 Å². The molecule has 6 nitrogen and oxygen atoms in total. The molecular weight excluding hydrogens is 292 g/mol. The Morgan fingerprint density at radius 1 is 1.30 bits per heavy atom. The number of hydrogen-bond acceptors (Lipinski definition) is 3.